The van der Waals surface area contributed by atoms with Crippen molar-refractivity contribution in [3.63, 3.8) is 0 Å². The molecule has 0 aromatic rings. The number of hydrogen-bond acceptors (Lipinski definition) is 7. The van der Waals surface area contributed by atoms with E-state index in [1.165, 1.54) is 14.0 Å². The number of carbonyl (C=O) groups is 3. The van der Waals surface area contributed by atoms with Crippen LogP contribution >= 0.6 is 0 Å². The highest BCUT2D eigenvalue weighted by Crippen LogP contribution is 2.42. The smallest absolute Gasteiger partial charge is 0.413 e. The molecule has 1 N–H and O–H groups in total. The first-order chi connectivity index (χ1) is 10.4. The summed E-state index contributed by atoms with van der Waals surface area (Å²) in [6.07, 6.45) is -1.84. The molecule has 1 amide bonds. The van der Waals surface area contributed by atoms with E-state index in [4.69, 9.17) is 14.2 Å². The van der Waals surface area contributed by atoms with E-state index in [2.05, 4.69) is 0 Å². The number of rotatable bonds is 3. The van der Waals surface area contributed by atoms with Gasteiger partial charge in [0.25, 0.3) is 0 Å². The molecule has 8 heteroatoms. The van der Waals surface area contributed by atoms with Crippen LogP contribution in [0.15, 0.2) is 0 Å². The van der Waals surface area contributed by atoms with Gasteiger partial charge in [0, 0.05) is 12.3 Å². The summed E-state index contributed by atoms with van der Waals surface area (Å²) < 4.78 is 15.2. The summed E-state index contributed by atoms with van der Waals surface area (Å²) in [6, 6.07) is -1.00. The van der Waals surface area contributed by atoms with E-state index in [1.807, 2.05) is 0 Å². The van der Waals surface area contributed by atoms with E-state index in [0.717, 1.165) is 4.90 Å². The third-order valence-electron chi connectivity index (χ3n) is 3.56. The normalized spacial score (nSPS) is 27.5. The molecule has 132 valence electrons. The Balaban J connectivity index is 3.24. The molecule has 1 aliphatic rings. The van der Waals surface area contributed by atoms with Gasteiger partial charge in [0.05, 0.1) is 13.7 Å². The van der Waals surface area contributed by atoms with Gasteiger partial charge >= 0.3 is 18.0 Å². The molecular weight excluding hydrogens is 306 g/mol. The van der Waals surface area contributed by atoms with Crippen LogP contribution in [0.1, 0.15) is 41.0 Å². The molecule has 1 saturated heterocycles. The molecule has 8 nitrogen and oxygen atoms in total. The van der Waals surface area contributed by atoms with Crippen molar-refractivity contribution in [1.82, 2.24) is 4.90 Å². The highest BCUT2D eigenvalue weighted by molar-refractivity contribution is 5.83. The molecule has 0 aromatic carbocycles. The summed E-state index contributed by atoms with van der Waals surface area (Å²) in [5.74, 6) is -1.29. The lowest BCUT2D eigenvalue weighted by atomic mass is 9.87. The molecule has 3 atom stereocenters. The average molecular weight is 331 g/mol. The van der Waals surface area contributed by atoms with Crippen LogP contribution in [0.2, 0.25) is 0 Å². The Morgan fingerprint density at radius 3 is 2.26 bits per heavy atom. The van der Waals surface area contributed by atoms with Crippen molar-refractivity contribution in [2.45, 2.75) is 58.9 Å². The van der Waals surface area contributed by atoms with Gasteiger partial charge in [0.15, 0.2) is 6.23 Å². The first-order valence-corrected chi connectivity index (χ1v) is 7.32. The minimum absolute atomic E-state index is 0.0906. The maximum absolute atomic E-state index is 12.5. The van der Waals surface area contributed by atoms with Crippen molar-refractivity contribution in [2.75, 3.05) is 13.7 Å². The van der Waals surface area contributed by atoms with Crippen LogP contribution < -0.4 is 0 Å². The fourth-order valence-corrected chi connectivity index (χ4v) is 2.51. The zero-order chi connectivity index (χ0) is 18.0. The number of methoxy groups -OCH3 is 1. The van der Waals surface area contributed by atoms with E-state index in [-0.39, 0.29) is 13.0 Å². The Kier molecular flexibility index (Phi) is 5.63. The quantitative estimate of drug-likeness (QED) is 0.609. The Morgan fingerprint density at radius 1 is 1.30 bits per heavy atom. The maximum atomic E-state index is 12.5. The minimum atomic E-state index is -1.12. The summed E-state index contributed by atoms with van der Waals surface area (Å²) in [4.78, 5) is 37.0. The van der Waals surface area contributed by atoms with E-state index >= 15 is 0 Å². The van der Waals surface area contributed by atoms with Crippen LogP contribution in [-0.4, -0.2) is 59.6 Å². The maximum Gasteiger partial charge on any atom is 0.413 e. The van der Waals surface area contributed by atoms with Gasteiger partial charge in [0.2, 0.25) is 0 Å². The second-order valence-electron chi connectivity index (χ2n) is 6.90. The summed E-state index contributed by atoms with van der Waals surface area (Å²) in [5.41, 5.74) is -1.79. The van der Waals surface area contributed by atoms with Crippen LogP contribution in [0.3, 0.4) is 0 Å². The van der Waals surface area contributed by atoms with Crippen molar-refractivity contribution in [3.05, 3.63) is 0 Å². The topological polar surface area (TPSA) is 102 Å². The van der Waals surface area contributed by atoms with E-state index in [9.17, 15) is 19.5 Å². The van der Waals surface area contributed by atoms with Gasteiger partial charge in [-0.25, -0.2) is 9.59 Å². The molecule has 0 spiro atoms. The van der Waals surface area contributed by atoms with Gasteiger partial charge < -0.3 is 19.3 Å². The number of esters is 2. The van der Waals surface area contributed by atoms with Crippen LogP contribution in [0, 0.1) is 5.41 Å². The Morgan fingerprint density at radius 2 is 1.87 bits per heavy atom. The highest BCUT2D eigenvalue weighted by Gasteiger charge is 2.57. The molecule has 0 aromatic heterocycles. The summed E-state index contributed by atoms with van der Waals surface area (Å²) >= 11 is 0. The number of hydrogen-bond donors (Lipinski definition) is 1. The van der Waals surface area contributed by atoms with Crippen molar-refractivity contribution in [1.29, 1.82) is 0 Å². The molecule has 1 fully saturated rings. The predicted octanol–water partition coefficient (Wildman–Crippen LogP) is 1.06. The lowest BCUT2D eigenvalue weighted by Crippen LogP contribution is -2.51. The average Bonchev–Trinajstić information content (AvgIpc) is 2.70. The fraction of sp³-hybridized carbons (Fsp3) is 0.800. The third kappa shape index (κ3) is 4.34. The molecule has 1 heterocycles. The number of ether oxygens (including phenoxy) is 3. The number of carbonyl (C=O) groups excluding carboxylic acids is 3. The second-order valence-corrected chi connectivity index (χ2v) is 6.90. The van der Waals surface area contributed by atoms with Crippen LogP contribution in [0.5, 0.6) is 0 Å². The van der Waals surface area contributed by atoms with Gasteiger partial charge in [0.1, 0.15) is 11.6 Å². The van der Waals surface area contributed by atoms with Crippen LogP contribution in [0.4, 0.5) is 4.79 Å². The van der Waals surface area contributed by atoms with Crippen molar-refractivity contribution >= 4 is 18.0 Å². The predicted molar refractivity (Wildman–Crippen MR) is 79.2 cm³/mol. The number of nitrogens with zero attached hydrogens (tertiary/aromatic N) is 1. The third-order valence-corrected chi connectivity index (χ3v) is 3.56. The number of likely N-dealkylation sites (tertiary alicyclic amines) is 1. The highest BCUT2D eigenvalue weighted by atomic mass is 16.6. The Labute approximate surface area is 135 Å². The van der Waals surface area contributed by atoms with Gasteiger partial charge in [-0.3, -0.25) is 9.69 Å². The first-order valence-electron chi connectivity index (χ1n) is 7.32. The standard InChI is InChI=1S/C15H25NO7/c1-9(18)22-12-15(5,8-17)7-10(11(19)21-6)16(12)13(20)23-14(2,3)4/h10,12,17H,7-8H2,1-6H3/t10-,12?,15-/m0/s1. The molecule has 23 heavy (non-hydrogen) atoms. The monoisotopic (exact) mass is 331 g/mol. The van der Waals surface area contributed by atoms with Crippen molar-refractivity contribution < 1.29 is 33.7 Å². The SMILES string of the molecule is COC(=O)[C@@H]1C[C@@](C)(CO)C(OC(C)=O)N1C(=O)OC(C)(C)C. The van der Waals surface area contributed by atoms with Crippen LogP contribution in [0.25, 0.3) is 0 Å². The second kappa shape index (κ2) is 6.74. The lowest BCUT2D eigenvalue weighted by molar-refractivity contribution is -0.167. The molecule has 1 rings (SSSR count). The van der Waals surface area contributed by atoms with Gasteiger partial charge in [-0.1, -0.05) is 6.92 Å². The van der Waals surface area contributed by atoms with E-state index in [1.54, 1.807) is 27.7 Å². The zero-order valence-corrected chi connectivity index (χ0v) is 14.4. The number of amides is 1. The summed E-state index contributed by atoms with van der Waals surface area (Å²) in [5, 5.41) is 9.69. The minimum Gasteiger partial charge on any atom is -0.467 e. The molecule has 1 unspecified atom stereocenters. The zero-order valence-electron chi connectivity index (χ0n) is 14.4. The Bertz CT molecular complexity index is 485. The lowest BCUT2D eigenvalue weighted by Gasteiger charge is -2.34. The van der Waals surface area contributed by atoms with Gasteiger partial charge in [-0.05, 0) is 27.2 Å². The van der Waals surface area contributed by atoms with E-state index in [0.29, 0.717) is 0 Å². The molecular formula is C15H25NO7. The van der Waals surface area contributed by atoms with E-state index < -0.39 is 41.3 Å². The summed E-state index contributed by atoms with van der Waals surface area (Å²) in [6.45, 7) is 7.48. The largest absolute Gasteiger partial charge is 0.467 e. The summed E-state index contributed by atoms with van der Waals surface area (Å²) in [7, 11) is 1.20. The molecule has 0 aliphatic carbocycles. The molecule has 0 radical (unpaired) electrons. The Hall–Kier alpha value is -1.83. The number of aliphatic hydroxyl groups excluding tert-OH is 1. The van der Waals surface area contributed by atoms with Crippen molar-refractivity contribution in [2.24, 2.45) is 5.41 Å². The van der Waals surface area contributed by atoms with Gasteiger partial charge in [-0.15, -0.1) is 0 Å². The fourth-order valence-electron chi connectivity index (χ4n) is 2.51. The molecule has 0 saturated carbocycles. The first kappa shape index (κ1) is 19.2. The number of aliphatic hydroxyl groups is 1. The van der Waals surface area contributed by atoms with Gasteiger partial charge in [-0.2, -0.15) is 0 Å². The van der Waals surface area contributed by atoms with Crippen molar-refractivity contribution in [3.8, 4) is 0 Å². The molecule has 1 aliphatic heterocycles. The molecule has 0 bridgehead atoms. The van der Waals surface area contributed by atoms with Crippen LogP contribution in [-0.2, 0) is 23.8 Å².